The fourth-order valence-electron chi connectivity index (χ4n) is 2.96. The summed E-state index contributed by atoms with van der Waals surface area (Å²) in [6.45, 7) is 0. The summed E-state index contributed by atoms with van der Waals surface area (Å²) in [7, 11) is 5.59. The Hall–Kier alpha value is -0.580. The van der Waals surface area contributed by atoms with Crippen molar-refractivity contribution in [2.24, 2.45) is 0 Å². The van der Waals surface area contributed by atoms with Gasteiger partial charge in [0, 0.05) is 17.6 Å². The highest BCUT2D eigenvalue weighted by Gasteiger charge is 2.38. The molecule has 3 nitrogen and oxygen atoms in total. The Labute approximate surface area is 130 Å². The molecule has 0 spiro atoms. The van der Waals surface area contributed by atoms with Crippen LogP contribution in [0.15, 0.2) is 22.7 Å². The van der Waals surface area contributed by atoms with Gasteiger partial charge in [-0.3, -0.25) is 0 Å². The average molecular weight is 342 g/mol. The highest BCUT2D eigenvalue weighted by atomic mass is 79.9. The van der Waals surface area contributed by atoms with E-state index in [9.17, 15) is 0 Å². The zero-order chi connectivity index (χ0) is 14.6. The van der Waals surface area contributed by atoms with Crippen molar-refractivity contribution in [1.82, 2.24) is 5.32 Å². The highest BCUT2D eigenvalue weighted by molar-refractivity contribution is 9.10. The summed E-state index contributed by atoms with van der Waals surface area (Å²) in [5, 5.41) is 3.43. The lowest BCUT2D eigenvalue weighted by Crippen LogP contribution is -2.45. The number of hydrogen-bond acceptors (Lipinski definition) is 3. The van der Waals surface area contributed by atoms with Gasteiger partial charge in [0.05, 0.1) is 12.7 Å². The molecule has 1 aliphatic carbocycles. The van der Waals surface area contributed by atoms with E-state index in [-0.39, 0.29) is 5.60 Å². The van der Waals surface area contributed by atoms with Crippen molar-refractivity contribution in [2.75, 3.05) is 21.3 Å². The smallest absolute Gasteiger partial charge is 0.122 e. The molecular weight excluding hydrogens is 318 g/mol. The number of nitrogens with one attached hydrogen (secondary N) is 1. The number of likely N-dealkylation sites (N-methyl/N-ethyl adjacent to an activating group) is 1. The van der Waals surface area contributed by atoms with Crippen molar-refractivity contribution in [2.45, 2.75) is 43.7 Å². The van der Waals surface area contributed by atoms with E-state index < -0.39 is 0 Å². The zero-order valence-electron chi connectivity index (χ0n) is 12.5. The topological polar surface area (TPSA) is 30.5 Å². The molecule has 1 aromatic rings. The molecule has 1 atom stereocenters. The van der Waals surface area contributed by atoms with Gasteiger partial charge in [-0.05, 0) is 62.9 Å². The SMILES string of the molecule is CNC(Cc1cc(Br)ccc1OC)CC1(OC)CCC1. The third-order valence-electron chi connectivity index (χ3n) is 4.43. The minimum atomic E-state index is 0.0902. The molecule has 0 bridgehead atoms. The molecule has 2 rings (SSSR count). The van der Waals surface area contributed by atoms with Gasteiger partial charge in [0.15, 0.2) is 0 Å². The quantitative estimate of drug-likeness (QED) is 0.822. The third kappa shape index (κ3) is 3.54. The van der Waals surface area contributed by atoms with Gasteiger partial charge in [-0.25, -0.2) is 0 Å². The largest absolute Gasteiger partial charge is 0.496 e. The first kappa shape index (κ1) is 15.8. The van der Waals surface area contributed by atoms with Crippen LogP contribution >= 0.6 is 15.9 Å². The summed E-state index contributed by atoms with van der Waals surface area (Å²) >= 11 is 3.54. The molecule has 0 aromatic heterocycles. The van der Waals surface area contributed by atoms with Gasteiger partial charge in [-0.1, -0.05) is 15.9 Å². The van der Waals surface area contributed by atoms with E-state index in [1.54, 1.807) is 7.11 Å². The first-order valence-electron chi connectivity index (χ1n) is 7.17. The predicted octanol–water partition coefficient (Wildman–Crippen LogP) is 3.55. The predicted molar refractivity (Wildman–Crippen MR) is 85.5 cm³/mol. The molecule has 1 aromatic carbocycles. The number of rotatable bonds is 7. The van der Waals surface area contributed by atoms with E-state index in [4.69, 9.17) is 9.47 Å². The second-order valence-corrected chi connectivity index (χ2v) is 6.51. The van der Waals surface area contributed by atoms with E-state index >= 15 is 0 Å². The van der Waals surface area contributed by atoms with Crippen LogP contribution in [0.1, 0.15) is 31.2 Å². The van der Waals surface area contributed by atoms with E-state index in [0.717, 1.165) is 23.1 Å². The lowest BCUT2D eigenvalue weighted by molar-refractivity contribution is -0.0830. The molecule has 0 radical (unpaired) electrons. The van der Waals surface area contributed by atoms with E-state index in [0.29, 0.717) is 6.04 Å². The summed E-state index contributed by atoms with van der Waals surface area (Å²) in [5.41, 5.74) is 1.32. The van der Waals surface area contributed by atoms with Crippen molar-refractivity contribution in [3.05, 3.63) is 28.2 Å². The Morgan fingerprint density at radius 2 is 2.10 bits per heavy atom. The van der Waals surface area contributed by atoms with Crippen molar-refractivity contribution in [3.8, 4) is 5.75 Å². The fourth-order valence-corrected chi connectivity index (χ4v) is 3.37. The average Bonchev–Trinajstić information content (AvgIpc) is 2.41. The zero-order valence-corrected chi connectivity index (χ0v) is 14.1. The highest BCUT2D eigenvalue weighted by Crippen LogP contribution is 2.39. The van der Waals surface area contributed by atoms with Crippen LogP contribution in [-0.2, 0) is 11.2 Å². The van der Waals surface area contributed by atoms with Crippen molar-refractivity contribution >= 4 is 15.9 Å². The number of hydrogen-bond donors (Lipinski definition) is 1. The van der Waals surface area contributed by atoms with E-state index in [2.05, 4.69) is 27.3 Å². The normalized spacial score (nSPS) is 18.4. The maximum atomic E-state index is 5.74. The van der Waals surface area contributed by atoms with Crippen LogP contribution in [0.3, 0.4) is 0 Å². The lowest BCUT2D eigenvalue weighted by Gasteiger charge is -2.43. The molecule has 1 aliphatic rings. The minimum Gasteiger partial charge on any atom is -0.496 e. The summed E-state index contributed by atoms with van der Waals surface area (Å²) < 4.78 is 12.3. The maximum Gasteiger partial charge on any atom is 0.122 e. The van der Waals surface area contributed by atoms with Crippen LogP contribution in [0.25, 0.3) is 0 Å². The number of benzene rings is 1. The summed E-state index contributed by atoms with van der Waals surface area (Å²) in [6.07, 6.45) is 5.64. The van der Waals surface area contributed by atoms with Gasteiger partial charge >= 0.3 is 0 Å². The second kappa shape index (κ2) is 6.92. The molecule has 4 heteroatoms. The van der Waals surface area contributed by atoms with Crippen LogP contribution in [0.2, 0.25) is 0 Å². The van der Waals surface area contributed by atoms with Crippen molar-refractivity contribution in [1.29, 1.82) is 0 Å². The first-order chi connectivity index (χ1) is 9.62. The monoisotopic (exact) mass is 341 g/mol. The number of ether oxygens (including phenoxy) is 2. The Morgan fingerprint density at radius 1 is 1.35 bits per heavy atom. The number of halogens is 1. The molecule has 0 aliphatic heterocycles. The Morgan fingerprint density at radius 3 is 2.60 bits per heavy atom. The summed E-state index contributed by atoms with van der Waals surface area (Å²) in [4.78, 5) is 0. The van der Waals surface area contributed by atoms with Crippen LogP contribution in [0, 0.1) is 0 Å². The van der Waals surface area contributed by atoms with Crippen molar-refractivity contribution in [3.63, 3.8) is 0 Å². The van der Waals surface area contributed by atoms with Crippen LogP contribution in [-0.4, -0.2) is 32.9 Å². The van der Waals surface area contributed by atoms with E-state index in [1.165, 1.54) is 24.8 Å². The molecular formula is C16H24BrNO2. The van der Waals surface area contributed by atoms with Crippen LogP contribution < -0.4 is 10.1 Å². The Kier molecular flexibility index (Phi) is 5.47. The molecule has 1 fully saturated rings. The molecule has 1 saturated carbocycles. The van der Waals surface area contributed by atoms with Gasteiger partial charge < -0.3 is 14.8 Å². The van der Waals surface area contributed by atoms with Gasteiger partial charge in [0.1, 0.15) is 5.75 Å². The standard InChI is InChI=1S/C16H24BrNO2/c1-18-14(11-16(20-3)7-4-8-16)10-12-9-13(17)5-6-15(12)19-2/h5-6,9,14,18H,4,7-8,10-11H2,1-3H3. The summed E-state index contributed by atoms with van der Waals surface area (Å²) in [5.74, 6) is 0.952. The lowest BCUT2D eigenvalue weighted by atomic mass is 9.75. The molecule has 0 saturated heterocycles. The molecule has 1 N–H and O–H groups in total. The minimum absolute atomic E-state index is 0.0902. The van der Waals surface area contributed by atoms with E-state index in [1.807, 2.05) is 26.3 Å². The Balaban J connectivity index is 2.08. The molecule has 112 valence electrons. The van der Waals surface area contributed by atoms with Crippen molar-refractivity contribution < 1.29 is 9.47 Å². The van der Waals surface area contributed by atoms with Gasteiger partial charge in [0.2, 0.25) is 0 Å². The summed E-state index contributed by atoms with van der Waals surface area (Å²) in [6, 6.07) is 6.57. The molecule has 0 heterocycles. The van der Waals surface area contributed by atoms with Gasteiger partial charge in [-0.2, -0.15) is 0 Å². The first-order valence-corrected chi connectivity index (χ1v) is 7.96. The van der Waals surface area contributed by atoms with Gasteiger partial charge in [-0.15, -0.1) is 0 Å². The third-order valence-corrected chi connectivity index (χ3v) is 4.93. The fraction of sp³-hybridized carbons (Fsp3) is 0.625. The molecule has 0 amide bonds. The second-order valence-electron chi connectivity index (χ2n) is 5.59. The van der Waals surface area contributed by atoms with Crippen LogP contribution in [0.4, 0.5) is 0 Å². The molecule has 20 heavy (non-hydrogen) atoms. The Bertz CT molecular complexity index is 441. The van der Waals surface area contributed by atoms with Crippen LogP contribution in [0.5, 0.6) is 5.75 Å². The molecule has 1 unspecified atom stereocenters. The maximum absolute atomic E-state index is 5.74. The van der Waals surface area contributed by atoms with Gasteiger partial charge in [0.25, 0.3) is 0 Å². The number of methoxy groups -OCH3 is 2.